The molecule has 0 radical (unpaired) electrons. The summed E-state index contributed by atoms with van der Waals surface area (Å²) in [4.78, 5) is 0. The van der Waals surface area contributed by atoms with E-state index in [2.05, 4.69) is 29.8 Å². The van der Waals surface area contributed by atoms with Gasteiger partial charge in [0.1, 0.15) is 5.75 Å². The molecule has 3 heteroatoms. The zero-order valence-electron chi connectivity index (χ0n) is 11.9. The van der Waals surface area contributed by atoms with Crippen molar-refractivity contribution in [1.82, 2.24) is 5.32 Å². The van der Waals surface area contributed by atoms with Crippen LogP contribution in [0.1, 0.15) is 42.9 Å². The Morgan fingerprint density at radius 1 is 1.42 bits per heavy atom. The highest BCUT2D eigenvalue weighted by Gasteiger charge is 2.37. The normalized spacial score (nSPS) is 23.8. The lowest BCUT2D eigenvalue weighted by molar-refractivity contribution is 0.329. The third-order valence-electron chi connectivity index (χ3n) is 4.80. The van der Waals surface area contributed by atoms with Crippen LogP contribution in [0, 0.1) is 0 Å². The molecule has 0 aromatic heterocycles. The van der Waals surface area contributed by atoms with Crippen LogP contribution in [0.2, 0.25) is 0 Å². The molecule has 0 heterocycles. The zero-order chi connectivity index (χ0) is 13.3. The summed E-state index contributed by atoms with van der Waals surface area (Å²) in [5, 5.41) is 3.81. The molecule has 2 nitrogen and oxygen atoms in total. The van der Waals surface area contributed by atoms with Crippen LogP contribution in [0.3, 0.4) is 0 Å². The van der Waals surface area contributed by atoms with Gasteiger partial charge in [-0.25, -0.2) is 0 Å². The highest BCUT2D eigenvalue weighted by Crippen LogP contribution is 2.43. The Morgan fingerprint density at radius 3 is 2.89 bits per heavy atom. The molecule has 2 aliphatic rings. The maximum atomic E-state index is 5.35. The Bertz CT molecular complexity index is 451. The van der Waals surface area contributed by atoms with Crippen LogP contribution in [0.15, 0.2) is 18.2 Å². The Labute approximate surface area is 120 Å². The Morgan fingerprint density at radius 2 is 2.26 bits per heavy atom. The minimum Gasteiger partial charge on any atom is -0.497 e. The number of hydrogen-bond donors (Lipinski definition) is 1. The molecular formula is C16H23NOS. The summed E-state index contributed by atoms with van der Waals surface area (Å²) in [7, 11) is 1.75. The maximum Gasteiger partial charge on any atom is 0.119 e. The summed E-state index contributed by atoms with van der Waals surface area (Å²) >= 11 is 2.04. The number of fused-ring (bicyclic) bond motifs is 1. The van der Waals surface area contributed by atoms with E-state index in [1.165, 1.54) is 43.2 Å². The Kier molecular flexibility index (Phi) is 3.77. The third-order valence-corrected chi connectivity index (χ3v) is 6.22. The standard InChI is InChI=1S/C16H23NOS/c1-18-13-6-4-12-5-7-15(14(12)10-13)17-11-16(19-2)8-3-9-16/h4,6,10,15,17H,3,5,7-9,11H2,1-2H3. The number of ether oxygens (including phenoxy) is 1. The summed E-state index contributed by atoms with van der Waals surface area (Å²) in [5.74, 6) is 0.982. The smallest absolute Gasteiger partial charge is 0.119 e. The fourth-order valence-electron chi connectivity index (χ4n) is 3.25. The number of hydrogen-bond acceptors (Lipinski definition) is 3. The van der Waals surface area contributed by atoms with Gasteiger partial charge in [-0.2, -0.15) is 11.8 Å². The van der Waals surface area contributed by atoms with E-state index in [4.69, 9.17) is 4.74 Å². The van der Waals surface area contributed by atoms with Crippen LogP contribution in [-0.2, 0) is 6.42 Å². The van der Waals surface area contributed by atoms with Gasteiger partial charge < -0.3 is 10.1 Å². The van der Waals surface area contributed by atoms with Crippen LogP contribution in [0.5, 0.6) is 5.75 Å². The van der Waals surface area contributed by atoms with E-state index in [-0.39, 0.29) is 0 Å². The van der Waals surface area contributed by atoms with E-state index in [0.29, 0.717) is 10.8 Å². The first-order valence-electron chi connectivity index (χ1n) is 7.22. The highest BCUT2D eigenvalue weighted by atomic mass is 32.2. The summed E-state index contributed by atoms with van der Waals surface area (Å²) in [6.07, 6.45) is 8.83. The van der Waals surface area contributed by atoms with Crippen LogP contribution in [0.25, 0.3) is 0 Å². The van der Waals surface area contributed by atoms with Crippen molar-refractivity contribution in [1.29, 1.82) is 0 Å². The molecule has 104 valence electrons. The summed E-state index contributed by atoms with van der Waals surface area (Å²) in [5.41, 5.74) is 2.94. The van der Waals surface area contributed by atoms with Crippen molar-refractivity contribution in [2.75, 3.05) is 19.9 Å². The third kappa shape index (κ3) is 2.50. The molecule has 3 rings (SSSR count). The van der Waals surface area contributed by atoms with Crippen LogP contribution >= 0.6 is 11.8 Å². The molecule has 0 amide bonds. The molecule has 1 saturated carbocycles. The maximum absolute atomic E-state index is 5.35. The van der Waals surface area contributed by atoms with Crippen molar-refractivity contribution in [3.63, 3.8) is 0 Å². The second kappa shape index (κ2) is 5.37. The predicted octanol–water partition coefficient (Wildman–Crippen LogP) is 3.56. The molecule has 1 aromatic rings. The van der Waals surface area contributed by atoms with Crippen LogP contribution < -0.4 is 10.1 Å². The quantitative estimate of drug-likeness (QED) is 0.889. The topological polar surface area (TPSA) is 21.3 Å². The second-order valence-corrected chi connectivity index (χ2v) is 7.05. The largest absolute Gasteiger partial charge is 0.497 e. The van der Waals surface area contributed by atoms with Gasteiger partial charge in [-0.1, -0.05) is 12.5 Å². The predicted molar refractivity (Wildman–Crippen MR) is 82.2 cm³/mol. The SMILES string of the molecule is COc1ccc2c(c1)C(NCC1(SC)CCC1)CC2. The van der Waals surface area contributed by atoms with Gasteiger partial charge >= 0.3 is 0 Å². The Hall–Kier alpha value is -0.670. The van der Waals surface area contributed by atoms with Crippen molar-refractivity contribution < 1.29 is 4.74 Å². The number of thioether (sulfide) groups is 1. The molecule has 0 spiro atoms. The molecule has 0 aliphatic heterocycles. The molecule has 0 saturated heterocycles. The van der Waals surface area contributed by atoms with Gasteiger partial charge in [0, 0.05) is 17.3 Å². The lowest BCUT2D eigenvalue weighted by Gasteiger charge is -2.41. The van der Waals surface area contributed by atoms with E-state index in [1.807, 2.05) is 11.8 Å². The minimum atomic E-state index is 0.515. The average Bonchev–Trinajstić information content (AvgIpc) is 2.80. The van der Waals surface area contributed by atoms with Crippen molar-refractivity contribution in [2.24, 2.45) is 0 Å². The number of nitrogens with one attached hydrogen (secondary N) is 1. The van der Waals surface area contributed by atoms with E-state index in [0.717, 1.165) is 12.3 Å². The molecule has 2 aliphatic carbocycles. The minimum absolute atomic E-state index is 0.515. The molecule has 19 heavy (non-hydrogen) atoms. The van der Waals surface area contributed by atoms with Gasteiger partial charge in [0.05, 0.1) is 7.11 Å². The van der Waals surface area contributed by atoms with E-state index in [1.54, 1.807) is 7.11 Å². The van der Waals surface area contributed by atoms with E-state index >= 15 is 0 Å². The van der Waals surface area contributed by atoms with Gasteiger partial charge in [0.2, 0.25) is 0 Å². The molecule has 0 bridgehead atoms. The van der Waals surface area contributed by atoms with Crippen molar-refractivity contribution in [2.45, 2.75) is 42.9 Å². The molecule has 1 atom stereocenters. The first kappa shape index (κ1) is 13.3. The van der Waals surface area contributed by atoms with Crippen LogP contribution in [0.4, 0.5) is 0 Å². The number of benzene rings is 1. The first-order chi connectivity index (χ1) is 9.26. The lowest BCUT2D eigenvalue weighted by Crippen LogP contribution is -2.44. The summed E-state index contributed by atoms with van der Waals surface area (Å²) in [6.45, 7) is 1.15. The molecule has 1 N–H and O–H groups in total. The number of methoxy groups -OCH3 is 1. The van der Waals surface area contributed by atoms with Gasteiger partial charge in [-0.05, 0) is 55.2 Å². The molecular weight excluding hydrogens is 254 g/mol. The summed E-state index contributed by atoms with van der Waals surface area (Å²) < 4.78 is 5.87. The van der Waals surface area contributed by atoms with Crippen molar-refractivity contribution in [3.05, 3.63) is 29.3 Å². The number of rotatable bonds is 5. The average molecular weight is 277 g/mol. The fourth-order valence-corrected chi connectivity index (χ4v) is 4.18. The second-order valence-electron chi connectivity index (χ2n) is 5.78. The van der Waals surface area contributed by atoms with Gasteiger partial charge in [0.25, 0.3) is 0 Å². The molecule has 1 unspecified atom stereocenters. The number of aryl methyl sites for hydroxylation is 1. The van der Waals surface area contributed by atoms with Gasteiger partial charge in [-0.15, -0.1) is 0 Å². The van der Waals surface area contributed by atoms with Gasteiger partial charge in [0.15, 0.2) is 0 Å². The lowest BCUT2D eigenvalue weighted by atomic mass is 9.84. The summed E-state index contributed by atoms with van der Waals surface area (Å²) in [6, 6.07) is 7.04. The van der Waals surface area contributed by atoms with Crippen molar-refractivity contribution in [3.8, 4) is 5.75 Å². The van der Waals surface area contributed by atoms with E-state index < -0.39 is 0 Å². The Balaban J connectivity index is 1.68. The monoisotopic (exact) mass is 277 g/mol. The van der Waals surface area contributed by atoms with Gasteiger partial charge in [-0.3, -0.25) is 0 Å². The first-order valence-corrected chi connectivity index (χ1v) is 8.44. The van der Waals surface area contributed by atoms with Crippen LogP contribution in [-0.4, -0.2) is 24.7 Å². The molecule has 1 aromatic carbocycles. The highest BCUT2D eigenvalue weighted by molar-refractivity contribution is 8.00. The molecule has 1 fully saturated rings. The fraction of sp³-hybridized carbons (Fsp3) is 0.625. The zero-order valence-corrected chi connectivity index (χ0v) is 12.7. The van der Waals surface area contributed by atoms with Crippen molar-refractivity contribution >= 4 is 11.8 Å². The van der Waals surface area contributed by atoms with E-state index in [9.17, 15) is 0 Å².